The monoisotopic (exact) mass is 396 g/mol. The van der Waals surface area contributed by atoms with Crippen molar-refractivity contribution in [3.63, 3.8) is 0 Å². The van der Waals surface area contributed by atoms with Gasteiger partial charge < -0.3 is 5.32 Å². The van der Waals surface area contributed by atoms with Gasteiger partial charge in [-0.3, -0.25) is 0 Å². The predicted octanol–water partition coefficient (Wildman–Crippen LogP) is 7.13. The molecular formula is C27H44N2. The summed E-state index contributed by atoms with van der Waals surface area (Å²) in [4.78, 5) is 0. The second-order valence-corrected chi connectivity index (χ2v) is 10.5. The summed E-state index contributed by atoms with van der Waals surface area (Å²) in [6.45, 7) is 14.4. The molecule has 0 spiro atoms. The largest absolute Gasteiger partial charge is 0.312 e. The van der Waals surface area contributed by atoms with E-state index in [-0.39, 0.29) is 17.4 Å². The van der Waals surface area contributed by atoms with Gasteiger partial charge in [-0.05, 0) is 54.2 Å². The van der Waals surface area contributed by atoms with Crippen LogP contribution in [0, 0.1) is 23.2 Å². The van der Waals surface area contributed by atoms with E-state index < -0.39 is 5.41 Å². The summed E-state index contributed by atoms with van der Waals surface area (Å²) in [6, 6.07) is 11.8. The Bertz CT molecular complexity index is 641. The summed E-state index contributed by atoms with van der Waals surface area (Å²) in [5, 5.41) is 14.2. The van der Waals surface area contributed by atoms with Crippen LogP contribution in [0.4, 0.5) is 0 Å². The molecule has 2 unspecified atom stereocenters. The van der Waals surface area contributed by atoms with Crippen LogP contribution >= 0.6 is 0 Å². The molecule has 29 heavy (non-hydrogen) atoms. The first-order valence-corrected chi connectivity index (χ1v) is 12.0. The molecule has 2 atom stereocenters. The Balaban J connectivity index is 2.12. The lowest BCUT2D eigenvalue weighted by atomic mass is 9.66. The van der Waals surface area contributed by atoms with Gasteiger partial charge in [0.1, 0.15) is 0 Å². The Morgan fingerprint density at radius 3 is 2.10 bits per heavy atom. The fourth-order valence-electron chi connectivity index (χ4n) is 5.22. The van der Waals surface area contributed by atoms with Gasteiger partial charge in [0.2, 0.25) is 0 Å². The van der Waals surface area contributed by atoms with Crippen molar-refractivity contribution in [1.82, 2.24) is 5.32 Å². The fourth-order valence-corrected chi connectivity index (χ4v) is 5.22. The maximum Gasteiger partial charge on any atom is 0.0997 e. The summed E-state index contributed by atoms with van der Waals surface area (Å²) in [5.41, 5.74) is 2.13. The summed E-state index contributed by atoms with van der Waals surface area (Å²) in [6.07, 6.45) is 10.7. The van der Waals surface area contributed by atoms with Crippen LogP contribution < -0.4 is 5.32 Å². The molecule has 1 saturated carbocycles. The van der Waals surface area contributed by atoms with Gasteiger partial charge in [0.15, 0.2) is 0 Å². The van der Waals surface area contributed by atoms with Gasteiger partial charge in [-0.25, -0.2) is 0 Å². The van der Waals surface area contributed by atoms with Gasteiger partial charge in [-0.2, -0.15) is 5.26 Å². The van der Waals surface area contributed by atoms with Crippen molar-refractivity contribution in [1.29, 1.82) is 5.26 Å². The van der Waals surface area contributed by atoms with Gasteiger partial charge >= 0.3 is 0 Å². The first kappa shape index (κ1) is 23.9. The Labute approximate surface area is 180 Å². The van der Waals surface area contributed by atoms with Crippen molar-refractivity contribution in [3.05, 3.63) is 35.4 Å². The minimum absolute atomic E-state index is 0.132. The van der Waals surface area contributed by atoms with Crippen LogP contribution in [0.3, 0.4) is 0 Å². The first-order chi connectivity index (χ1) is 13.8. The third-order valence-corrected chi connectivity index (χ3v) is 7.19. The molecule has 0 aliphatic heterocycles. The fraction of sp³-hybridized carbons (Fsp3) is 0.741. The van der Waals surface area contributed by atoms with Gasteiger partial charge in [0.25, 0.3) is 0 Å². The van der Waals surface area contributed by atoms with Gasteiger partial charge in [0, 0.05) is 6.04 Å². The topological polar surface area (TPSA) is 35.8 Å². The van der Waals surface area contributed by atoms with Crippen LogP contribution in [-0.4, -0.2) is 12.6 Å². The number of hydrogen-bond acceptors (Lipinski definition) is 2. The zero-order chi connectivity index (χ0) is 21.5. The first-order valence-electron chi connectivity index (χ1n) is 12.0. The molecule has 2 nitrogen and oxygen atoms in total. The van der Waals surface area contributed by atoms with Gasteiger partial charge in [0.05, 0.1) is 11.5 Å². The molecule has 0 heterocycles. The van der Waals surface area contributed by atoms with Crippen LogP contribution in [0.15, 0.2) is 24.3 Å². The molecular weight excluding hydrogens is 352 g/mol. The van der Waals surface area contributed by atoms with E-state index >= 15 is 0 Å². The summed E-state index contributed by atoms with van der Waals surface area (Å²) in [5.74, 6) is 1.19. The number of rotatable bonds is 9. The molecule has 0 bridgehead atoms. The summed E-state index contributed by atoms with van der Waals surface area (Å²) < 4.78 is 0. The highest BCUT2D eigenvalue weighted by Gasteiger charge is 2.42. The molecule has 1 aromatic carbocycles. The lowest BCUT2D eigenvalue weighted by Crippen LogP contribution is -2.51. The normalized spacial score (nSPS) is 19.0. The van der Waals surface area contributed by atoms with Crippen molar-refractivity contribution in [2.24, 2.45) is 11.8 Å². The lowest BCUT2D eigenvalue weighted by molar-refractivity contribution is 0.267. The standard InChI is InChI=1S/C27H44N2/c1-7-25(29-19-11-14-22-12-9-8-10-13-22)27(20-28,21(2)3)24-17-15-23(16-18-24)26(4,5)6/h15-18,21-22,25,29H,7-14,19H2,1-6H3. The molecule has 1 N–H and O–H groups in total. The molecule has 2 rings (SSSR count). The van der Waals surface area contributed by atoms with E-state index in [1.165, 1.54) is 50.5 Å². The van der Waals surface area contributed by atoms with Gasteiger partial charge in [-0.1, -0.05) is 97.9 Å². The molecule has 2 heteroatoms. The van der Waals surface area contributed by atoms with Crippen LogP contribution in [0.1, 0.15) is 104 Å². The molecule has 0 radical (unpaired) electrons. The van der Waals surface area contributed by atoms with Crippen molar-refractivity contribution in [2.75, 3.05) is 6.54 Å². The van der Waals surface area contributed by atoms with E-state index in [9.17, 15) is 5.26 Å². The Morgan fingerprint density at radius 2 is 1.62 bits per heavy atom. The van der Waals surface area contributed by atoms with E-state index in [4.69, 9.17) is 0 Å². The number of nitrogens with one attached hydrogen (secondary N) is 1. The van der Waals surface area contributed by atoms with Crippen molar-refractivity contribution < 1.29 is 0 Å². The highest BCUT2D eigenvalue weighted by atomic mass is 14.9. The van der Waals surface area contributed by atoms with Crippen molar-refractivity contribution in [3.8, 4) is 6.07 Å². The van der Waals surface area contributed by atoms with Gasteiger partial charge in [-0.15, -0.1) is 0 Å². The smallest absolute Gasteiger partial charge is 0.0997 e. The molecule has 0 amide bonds. The Hall–Kier alpha value is -1.33. The molecule has 1 fully saturated rings. The van der Waals surface area contributed by atoms with E-state index in [1.807, 2.05) is 0 Å². The average molecular weight is 397 g/mol. The Morgan fingerprint density at radius 1 is 1.03 bits per heavy atom. The molecule has 162 valence electrons. The zero-order valence-electron chi connectivity index (χ0n) is 19.9. The van der Waals surface area contributed by atoms with Crippen molar-refractivity contribution >= 4 is 0 Å². The number of benzene rings is 1. The molecule has 1 aromatic rings. The minimum Gasteiger partial charge on any atom is -0.312 e. The third-order valence-electron chi connectivity index (χ3n) is 7.19. The number of hydrogen-bond donors (Lipinski definition) is 1. The second kappa shape index (κ2) is 10.6. The quantitative estimate of drug-likeness (QED) is 0.451. The summed E-state index contributed by atoms with van der Waals surface area (Å²) >= 11 is 0. The molecule has 0 aromatic heterocycles. The van der Waals surface area contributed by atoms with E-state index in [0.717, 1.165) is 24.4 Å². The average Bonchev–Trinajstić information content (AvgIpc) is 2.70. The van der Waals surface area contributed by atoms with E-state index in [1.54, 1.807) is 0 Å². The molecule has 1 aliphatic carbocycles. The van der Waals surface area contributed by atoms with Crippen LogP contribution in [0.5, 0.6) is 0 Å². The van der Waals surface area contributed by atoms with Crippen LogP contribution in [-0.2, 0) is 10.8 Å². The SMILES string of the molecule is CCC(NCCCC1CCCCC1)C(C#N)(c1ccc(C(C)(C)C)cc1)C(C)C. The molecule has 1 aliphatic rings. The Kier molecular flexibility index (Phi) is 8.77. The van der Waals surface area contributed by atoms with Crippen LogP contribution in [0.25, 0.3) is 0 Å². The second-order valence-electron chi connectivity index (χ2n) is 10.5. The zero-order valence-corrected chi connectivity index (χ0v) is 19.9. The maximum absolute atomic E-state index is 10.4. The third kappa shape index (κ3) is 5.85. The lowest BCUT2D eigenvalue weighted by Gasteiger charge is -2.39. The summed E-state index contributed by atoms with van der Waals surface area (Å²) in [7, 11) is 0. The molecule has 0 saturated heterocycles. The maximum atomic E-state index is 10.4. The number of nitrogens with zero attached hydrogens (tertiary/aromatic N) is 1. The van der Waals surface area contributed by atoms with Crippen LogP contribution in [0.2, 0.25) is 0 Å². The van der Waals surface area contributed by atoms with E-state index in [2.05, 4.69) is 77.2 Å². The number of nitriles is 1. The minimum atomic E-state index is -0.490. The highest BCUT2D eigenvalue weighted by molar-refractivity contribution is 5.39. The van der Waals surface area contributed by atoms with Crippen molar-refractivity contribution in [2.45, 2.75) is 110 Å². The van der Waals surface area contributed by atoms with E-state index in [0.29, 0.717) is 0 Å². The highest BCUT2D eigenvalue weighted by Crippen LogP contribution is 2.38. The predicted molar refractivity (Wildman–Crippen MR) is 125 cm³/mol.